The molecule has 0 aromatic carbocycles. The van der Waals surface area contributed by atoms with Gasteiger partial charge < -0.3 is 5.11 Å². The van der Waals surface area contributed by atoms with E-state index < -0.39 is 5.97 Å². The van der Waals surface area contributed by atoms with Crippen molar-refractivity contribution in [2.75, 3.05) is 5.75 Å². The molecule has 106 valence electrons. The maximum absolute atomic E-state index is 10.8. The number of carboxylic acid groups (broad SMARTS) is 1. The monoisotopic (exact) mass is 309 g/mol. The molecule has 0 spiro atoms. The molecule has 2 aromatic heterocycles. The average Bonchev–Trinajstić information content (AvgIpc) is 2.98. The number of carbonyl (C=O) groups is 1. The summed E-state index contributed by atoms with van der Waals surface area (Å²) in [6, 6.07) is 4.33. The maximum Gasteiger partial charge on any atom is 0.313 e. The van der Waals surface area contributed by atoms with E-state index in [-0.39, 0.29) is 5.75 Å². The fourth-order valence-corrected chi connectivity index (χ4v) is 3.68. The standard InChI is InChI=1S/C13H15N3O2S2/c1-8(9-4-5-9)16-12(10-3-2-6-19-10)14-15-13(16)20-7-11(17)18/h2-3,6,8-9H,4-5,7H2,1H3,(H,17,18). The van der Waals surface area contributed by atoms with E-state index in [1.807, 2.05) is 17.5 Å². The van der Waals surface area contributed by atoms with Crippen molar-refractivity contribution in [1.29, 1.82) is 0 Å². The molecule has 2 heterocycles. The number of aliphatic carboxylic acids is 1. The van der Waals surface area contributed by atoms with Crippen molar-refractivity contribution in [2.24, 2.45) is 5.92 Å². The second-order valence-corrected chi connectivity index (χ2v) is 6.80. The lowest BCUT2D eigenvalue weighted by Gasteiger charge is -2.16. The highest BCUT2D eigenvalue weighted by Gasteiger charge is 2.32. The summed E-state index contributed by atoms with van der Waals surface area (Å²) in [5.74, 6) is 0.697. The largest absolute Gasteiger partial charge is 0.481 e. The van der Waals surface area contributed by atoms with Crippen molar-refractivity contribution in [3.63, 3.8) is 0 Å². The fraction of sp³-hybridized carbons (Fsp3) is 0.462. The van der Waals surface area contributed by atoms with E-state index in [9.17, 15) is 4.79 Å². The van der Waals surface area contributed by atoms with Gasteiger partial charge in [0.15, 0.2) is 11.0 Å². The number of thioether (sulfide) groups is 1. The Morgan fingerprint density at radius 3 is 3.00 bits per heavy atom. The minimum Gasteiger partial charge on any atom is -0.481 e. The minimum atomic E-state index is -0.832. The van der Waals surface area contributed by atoms with Gasteiger partial charge in [0, 0.05) is 6.04 Å². The van der Waals surface area contributed by atoms with Crippen LogP contribution in [0.15, 0.2) is 22.7 Å². The summed E-state index contributed by atoms with van der Waals surface area (Å²) in [6.45, 7) is 2.17. The number of aromatic nitrogens is 3. The number of rotatable bonds is 6. The second-order valence-electron chi connectivity index (χ2n) is 4.91. The van der Waals surface area contributed by atoms with Gasteiger partial charge in [-0.2, -0.15) is 0 Å². The Morgan fingerprint density at radius 1 is 1.60 bits per heavy atom. The molecule has 0 radical (unpaired) electrons. The Labute approximate surface area is 125 Å². The zero-order valence-corrected chi connectivity index (χ0v) is 12.7. The number of thiophene rings is 1. The maximum atomic E-state index is 10.8. The van der Waals surface area contributed by atoms with E-state index in [2.05, 4.69) is 21.7 Å². The van der Waals surface area contributed by atoms with E-state index in [0.29, 0.717) is 17.1 Å². The summed E-state index contributed by atoms with van der Waals surface area (Å²) < 4.78 is 2.11. The van der Waals surface area contributed by atoms with Gasteiger partial charge in [0.25, 0.3) is 0 Å². The second kappa shape index (κ2) is 5.57. The first-order valence-electron chi connectivity index (χ1n) is 6.50. The van der Waals surface area contributed by atoms with Gasteiger partial charge in [-0.3, -0.25) is 9.36 Å². The Morgan fingerprint density at radius 2 is 2.40 bits per heavy atom. The smallest absolute Gasteiger partial charge is 0.313 e. The first-order chi connectivity index (χ1) is 9.66. The van der Waals surface area contributed by atoms with Gasteiger partial charge in [-0.05, 0) is 37.1 Å². The summed E-state index contributed by atoms with van der Waals surface area (Å²) >= 11 is 2.87. The molecule has 3 rings (SSSR count). The first-order valence-corrected chi connectivity index (χ1v) is 8.36. The van der Waals surface area contributed by atoms with Crippen LogP contribution < -0.4 is 0 Å². The van der Waals surface area contributed by atoms with E-state index >= 15 is 0 Å². The third-order valence-corrected chi connectivity index (χ3v) is 5.24. The van der Waals surface area contributed by atoms with Crippen molar-refractivity contribution >= 4 is 29.1 Å². The molecule has 1 aliphatic rings. The molecular weight excluding hydrogens is 294 g/mol. The molecule has 5 nitrogen and oxygen atoms in total. The molecular formula is C13H15N3O2S2. The Kier molecular flexibility index (Phi) is 3.80. The zero-order chi connectivity index (χ0) is 14.1. The first kappa shape index (κ1) is 13.6. The van der Waals surface area contributed by atoms with Crippen LogP contribution in [-0.2, 0) is 4.79 Å². The third kappa shape index (κ3) is 2.73. The molecule has 0 aliphatic heterocycles. The third-order valence-electron chi connectivity index (χ3n) is 3.44. The number of nitrogens with zero attached hydrogens (tertiary/aromatic N) is 3. The Hall–Kier alpha value is -1.34. The van der Waals surface area contributed by atoms with E-state index in [0.717, 1.165) is 10.7 Å². The molecule has 1 fully saturated rings. The lowest BCUT2D eigenvalue weighted by Crippen LogP contribution is -2.11. The highest BCUT2D eigenvalue weighted by molar-refractivity contribution is 7.99. The van der Waals surface area contributed by atoms with Crippen LogP contribution in [0.2, 0.25) is 0 Å². The van der Waals surface area contributed by atoms with Crippen molar-refractivity contribution in [3.05, 3.63) is 17.5 Å². The molecule has 0 amide bonds. The lowest BCUT2D eigenvalue weighted by atomic mass is 10.2. The van der Waals surface area contributed by atoms with Crippen molar-refractivity contribution in [3.8, 4) is 10.7 Å². The van der Waals surface area contributed by atoms with Crippen LogP contribution in [0.3, 0.4) is 0 Å². The normalized spacial score (nSPS) is 16.2. The average molecular weight is 309 g/mol. The van der Waals surface area contributed by atoms with E-state index in [1.165, 1.54) is 24.6 Å². The van der Waals surface area contributed by atoms with Gasteiger partial charge in [-0.15, -0.1) is 21.5 Å². The SMILES string of the molecule is CC(C1CC1)n1c(SCC(=O)O)nnc1-c1cccs1. The Balaban J connectivity index is 1.95. The molecule has 20 heavy (non-hydrogen) atoms. The van der Waals surface area contributed by atoms with Gasteiger partial charge in [0.1, 0.15) is 0 Å². The van der Waals surface area contributed by atoms with Crippen LogP contribution in [0.5, 0.6) is 0 Å². The number of carboxylic acids is 1. The van der Waals surface area contributed by atoms with Gasteiger partial charge >= 0.3 is 5.97 Å². The topological polar surface area (TPSA) is 68.0 Å². The summed E-state index contributed by atoms with van der Waals surface area (Å²) in [4.78, 5) is 11.8. The van der Waals surface area contributed by atoms with E-state index in [1.54, 1.807) is 11.3 Å². The van der Waals surface area contributed by atoms with Crippen molar-refractivity contribution in [2.45, 2.75) is 31.0 Å². The van der Waals surface area contributed by atoms with Crippen molar-refractivity contribution in [1.82, 2.24) is 14.8 Å². The molecule has 1 saturated carbocycles. The molecule has 0 saturated heterocycles. The molecule has 0 bridgehead atoms. The summed E-state index contributed by atoms with van der Waals surface area (Å²) in [6.07, 6.45) is 2.46. The molecule has 1 aliphatic carbocycles. The number of hydrogen-bond acceptors (Lipinski definition) is 5. The molecule has 1 N–H and O–H groups in total. The lowest BCUT2D eigenvalue weighted by molar-refractivity contribution is -0.133. The summed E-state index contributed by atoms with van der Waals surface area (Å²) in [5.41, 5.74) is 0. The predicted molar refractivity (Wildman–Crippen MR) is 79.1 cm³/mol. The van der Waals surface area contributed by atoms with Gasteiger partial charge in [0.2, 0.25) is 0 Å². The molecule has 2 aromatic rings. The van der Waals surface area contributed by atoms with Crippen LogP contribution >= 0.6 is 23.1 Å². The van der Waals surface area contributed by atoms with Crippen LogP contribution in [0.1, 0.15) is 25.8 Å². The van der Waals surface area contributed by atoms with Gasteiger partial charge in [-0.1, -0.05) is 17.8 Å². The Bertz CT molecular complexity index is 605. The quantitative estimate of drug-likeness (QED) is 0.830. The number of hydrogen-bond donors (Lipinski definition) is 1. The van der Waals surface area contributed by atoms with Crippen LogP contribution in [0, 0.1) is 5.92 Å². The molecule has 7 heteroatoms. The van der Waals surface area contributed by atoms with Crippen molar-refractivity contribution < 1.29 is 9.90 Å². The van der Waals surface area contributed by atoms with E-state index in [4.69, 9.17) is 5.11 Å². The predicted octanol–water partition coefficient (Wildman–Crippen LogP) is 3.15. The molecule has 1 atom stereocenters. The summed E-state index contributed by atoms with van der Waals surface area (Å²) in [7, 11) is 0. The van der Waals surface area contributed by atoms with Gasteiger partial charge in [-0.25, -0.2) is 0 Å². The highest BCUT2D eigenvalue weighted by atomic mass is 32.2. The zero-order valence-electron chi connectivity index (χ0n) is 11.0. The van der Waals surface area contributed by atoms with Gasteiger partial charge in [0.05, 0.1) is 10.6 Å². The molecule has 1 unspecified atom stereocenters. The van der Waals surface area contributed by atoms with Crippen LogP contribution in [0.4, 0.5) is 0 Å². The highest BCUT2D eigenvalue weighted by Crippen LogP contribution is 2.43. The fourth-order valence-electron chi connectivity index (χ4n) is 2.23. The van der Waals surface area contributed by atoms with Crippen LogP contribution in [0.25, 0.3) is 10.7 Å². The minimum absolute atomic E-state index is 0.0138. The summed E-state index contributed by atoms with van der Waals surface area (Å²) in [5, 5.41) is 20.0. The van der Waals surface area contributed by atoms with Crippen LogP contribution in [-0.4, -0.2) is 31.6 Å².